The minimum atomic E-state index is -0.442. The first-order chi connectivity index (χ1) is 12.8. The van der Waals surface area contributed by atoms with Crippen LogP contribution in [0.5, 0.6) is 0 Å². The molecule has 1 unspecified atom stereocenters. The number of aromatic nitrogens is 4. The van der Waals surface area contributed by atoms with E-state index in [-0.39, 0.29) is 5.91 Å². The number of carbonyl (C=O) groups is 1. The summed E-state index contributed by atoms with van der Waals surface area (Å²) in [6.07, 6.45) is 2.90. The lowest BCUT2D eigenvalue weighted by Gasteiger charge is -2.26. The molecule has 26 heavy (non-hydrogen) atoms. The highest BCUT2D eigenvalue weighted by Crippen LogP contribution is 2.16. The van der Waals surface area contributed by atoms with E-state index in [1.165, 1.54) is 11.9 Å². The Bertz CT molecular complexity index is 790. The first-order valence-corrected chi connectivity index (χ1v) is 8.87. The number of benzene rings is 2. The van der Waals surface area contributed by atoms with Crippen LogP contribution >= 0.6 is 0 Å². The smallest absolute Gasteiger partial charge is 0.247 e. The van der Waals surface area contributed by atoms with Crippen LogP contribution in [0.1, 0.15) is 24.1 Å². The molecule has 0 fully saturated rings. The Kier molecular flexibility index (Phi) is 6.09. The van der Waals surface area contributed by atoms with Crippen LogP contribution in [0.15, 0.2) is 67.0 Å². The Labute approximate surface area is 153 Å². The van der Waals surface area contributed by atoms with Crippen molar-refractivity contribution in [2.45, 2.75) is 25.8 Å². The van der Waals surface area contributed by atoms with Crippen LogP contribution in [0.3, 0.4) is 0 Å². The van der Waals surface area contributed by atoms with Gasteiger partial charge in [-0.05, 0) is 34.9 Å². The Balaban J connectivity index is 1.74. The normalized spacial score (nSPS) is 11.9. The molecule has 3 aromatic rings. The van der Waals surface area contributed by atoms with Gasteiger partial charge in [0.25, 0.3) is 0 Å². The van der Waals surface area contributed by atoms with E-state index in [1.807, 2.05) is 60.4 Å². The second kappa shape index (κ2) is 8.89. The van der Waals surface area contributed by atoms with Gasteiger partial charge in [0, 0.05) is 19.5 Å². The first-order valence-electron chi connectivity index (χ1n) is 8.87. The third-order valence-corrected chi connectivity index (χ3v) is 4.45. The van der Waals surface area contributed by atoms with Gasteiger partial charge in [-0.2, -0.15) is 0 Å². The van der Waals surface area contributed by atoms with Crippen LogP contribution in [0.4, 0.5) is 0 Å². The lowest BCUT2D eigenvalue weighted by molar-refractivity contribution is -0.135. The highest BCUT2D eigenvalue weighted by Gasteiger charge is 2.26. The molecule has 1 aromatic heterocycles. The minimum Gasteiger partial charge on any atom is -0.341 e. The lowest BCUT2D eigenvalue weighted by atomic mass is 10.0. The maximum Gasteiger partial charge on any atom is 0.247 e. The van der Waals surface area contributed by atoms with Crippen LogP contribution in [-0.2, 0) is 17.6 Å². The van der Waals surface area contributed by atoms with E-state index in [9.17, 15) is 4.79 Å². The predicted molar refractivity (Wildman–Crippen MR) is 99.4 cm³/mol. The van der Waals surface area contributed by atoms with Gasteiger partial charge in [0.1, 0.15) is 12.4 Å². The van der Waals surface area contributed by atoms with Crippen LogP contribution in [0.25, 0.3) is 0 Å². The van der Waals surface area contributed by atoms with E-state index in [1.54, 1.807) is 4.68 Å². The summed E-state index contributed by atoms with van der Waals surface area (Å²) in [6, 6.07) is 19.7. The van der Waals surface area contributed by atoms with Gasteiger partial charge in [0.2, 0.25) is 5.91 Å². The summed E-state index contributed by atoms with van der Waals surface area (Å²) >= 11 is 0. The average Bonchev–Trinajstić information content (AvgIpc) is 3.22. The lowest BCUT2D eigenvalue weighted by Crippen LogP contribution is -2.39. The molecule has 0 radical (unpaired) electrons. The van der Waals surface area contributed by atoms with Crippen LogP contribution in [-0.4, -0.2) is 44.1 Å². The molecule has 3 rings (SSSR count). The number of amides is 1. The maximum atomic E-state index is 13.2. The maximum absolute atomic E-state index is 13.2. The van der Waals surface area contributed by atoms with E-state index >= 15 is 0 Å². The van der Waals surface area contributed by atoms with Crippen LogP contribution < -0.4 is 0 Å². The Hall–Kier alpha value is -3.02. The van der Waals surface area contributed by atoms with Crippen LogP contribution in [0, 0.1) is 0 Å². The van der Waals surface area contributed by atoms with Crippen molar-refractivity contribution in [3.05, 3.63) is 78.1 Å². The largest absolute Gasteiger partial charge is 0.341 e. The van der Waals surface area contributed by atoms with E-state index in [0.717, 1.165) is 12.0 Å². The molecule has 0 spiro atoms. The third-order valence-electron chi connectivity index (χ3n) is 4.45. The number of tetrazole rings is 1. The molecule has 134 valence electrons. The summed E-state index contributed by atoms with van der Waals surface area (Å²) in [6.45, 7) is 3.33. The number of hydrogen-bond donors (Lipinski definition) is 0. The molecule has 0 bridgehead atoms. The number of carbonyl (C=O) groups excluding carboxylic acids is 1. The minimum absolute atomic E-state index is 0.0413. The molecule has 1 atom stereocenters. The van der Waals surface area contributed by atoms with Gasteiger partial charge in [-0.1, -0.05) is 60.7 Å². The zero-order chi connectivity index (χ0) is 18.2. The van der Waals surface area contributed by atoms with Crippen molar-refractivity contribution >= 4 is 5.91 Å². The van der Waals surface area contributed by atoms with Crippen molar-refractivity contribution in [1.29, 1.82) is 0 Å². The van der Waals surface area contributed by atoms with Crippen molar-refractivity contribution in [1.82, 2.24) is 25.1 Å². The summed E-state index contributed by atoms with van der Waals surface area (Å²) < 4.78 is 1.56. The Morgan fingerprint density at radius 2 is 1.69 bits per heavy atom. The van der Waals surface area contributed by atoms with E-state index in [4.69, 9.17) is 0 Å². The quantitative estimate of drug-likeness (QED) is 0.627. The SMILES string of the molecule is CCN(CCc1ccccc1)C(=O)C(Cc1ccccc1)n1cnnn1. The molecule has 0 N–H and O–H groups in total. The molecule has 2 aromatic carbocycles. The fraction of sp³-hybridized carbons (Fsp3) is 0.300. The average molecular weight is 349 g/mol. The zero-order valence-corrected chi connectivity index (χ0v) is 14.9. The number of nitrogens with zero attached hydrogens (tertiary/aromatic N) is 5. The van der Waals surface area contributed by atoms with Crippen molar-refractivity contribution in [3.63, 3.8) is 0 Å². The van der Waals surface area contributed by atoms with Crippen molar-refractivity contribution in [2.75, 3.05) is 13.1 Å². The van der Waals surface area contributed by atoms with Crippen LogP contribution in [0.2, 0.25) is 0 Å². The van der Waals surface area contributed by atoms with Gasteiger partial charge in [0.15, 0.2) is 0 Å². The predicted octanol–water partition coefficient (Wildman–Crippen LogP) is 2.55. The van der Waals surface area contributed by atoms with Crippen molar-refractivity contribution in [2.24, 2.45) is 0 Å². The van der Waals surface area contributed by atoms with E-state index < -0.39 is 6.04 Å². The van der Waals surface area contributed by atoms with Gasteiger partial charge in [-0.15, -0.1) is 5.10 Å². The molecule has 1 heterocycles. The molecule has 0 saturated carbocycles. The van der Waals surface area contributed by atoms with Crippen molar-refractivity contribution in [3.8, 4) is 0 Å². The molecule has 0 saturated heterocycles. The van der Waals surface area contributed by atoms with E-state index in [0.29, 0.717) is 19.5 Å². The number of likely N-dealkylation sites (N-methyl/N-ethyl adjacent to an activating group) is 1. The number of hydrogen-bond acceptors (Lipinski definition) is 4. The van der Waals surface area contributed by atoms with Gasteiger partial charge in [-0.3, -0.25) is 4.79 Å². The molecular weight excluding hydrogens is 326 g/mol. The molecule has 0 aliphatic carbocycles. The molecule has 6 heteroatoms. The second-order valence-electron chi connectivity index (χ2n) is 6.15. The number of rotatable bonds is 8. The Morgan fingerprint density at radius 1 is 1.04 bits per heavy atom. The standard InChI is InChI=1S/C20H23N5O/c1-2-24(14-13-17-9-5-3-6-10-17)20(26)19(25-16-21-22-23-25)15-18-11-7-4-8-12-18/h3-12,16,19H,2,13-15H2,1H3. The Morgan fingerprint density at radius 3 is 2.27 bits per heavy atom. The summed E-state index contributed by atoms with van der Waals surface area (Å²) in [4.78, 5) is 15.1. The second-order valence-corrected chi connectivity index (χ2v) is 6.15. The van der Waals surface area contributed by atoms with Gasteiger partial charge in [0.05, 0.1) is 0 Å². The topological polar surface area (TPSA) is 63.9 Å². The fourth-order valence-corrected chi connectivity index (χ4v) is 2.99. The van der Waals surface area contributed by atoms with Crippen molar-refractivity contribution < 1.29 is 4.79 Å². The fourth-order valence-electron chi connectivity index (χ4n) is 2.99. The molecule has 0 aliphatic heterocycles. The van der Waals surface area contributed by atoms with Gasteiger partial charge >= 0.3 is 0 Å². The monoisotopic (exact) mass is 349 g/mol. The van der Waals surface area contributed by atoms with Gasteiger partial charge in [-0.25, -0.2) is 4.68 Å². The molecule has 0 aliphatic rings. The summed E-state index contributed by atoms with van der Waals surface area (Å²) in [7, 11) is 0. The third kappa shape index (κ3) is 4.53. The first kappa shape index (κ1) is 17.8. The molecule has 6 nitrogen and oxygen atoms in total. The highest BCUT2D eigenvalue weighted by molar-refractivity contribution is 5.80. The summed E-state index contributed by atoms with van der Waals surface area (Å²) in [5, 5.41) is 11.4. The van der Waals surface area contributed by atoms with Gasteiger partial charge < -0.3 is 4.90 Å². The summed E-state index contributed by atoms with van der Waals surface area (Å²) in [5.74, 6) is 0.0413. The van der Waals surface area contributed by atoms with E-state index in [2.05, 4.69) is 27.7 Å². The zero-order valence-electron chi connectivity index (χ0n) is 14.9. The summed E-state index contributed by atoms with van der Waals surface area (Å²) in [5.41, 5.74) is 2.31. The highest BCUT2D eigenvalue weighted by atomic mass is 16.2. The molecule has 1 amide bonds. The molecular formula is C20H23N5O.